The number of hydrogen-bond acceptors (Lipinski definition) is 3. The third kappa shape index (κ3) is 2.66. The van der Waals surface area contributed by atoms with E-state index >= 15 is 0 Å². The largest absolute Gasteiger partial charge is 0.449 e. The van der Waals surface area contributed by atoms with Crippen LogP contribution in [0, 0.1) is 0 Å². The molecular formula is C12H8BrF3O3. The predicted molar refractivity (Wildman–Crippen MR) is 65.8 cm³/mol. The fraction of sp³-hybridized carbons (Fsp3) is 0.250. The molecule has 3 nitrogen and oxygen atoms in total. The minimum absolute atomic E-state index is 0.0534. The first-order valence-electron chi connectivity index (χ1n) is 5.22. The topological polar surface area (TPSA) is 50.4 Å². The zero-order valence-electron chi connectivity index (χ0n) is 9.58. The maximum Gasteiger partial charge on any atom is 0.416 e. The van der Waals surface area contributed by atoms with E-state index in [1.807, 2.05) is 0 Å². The third-order valence-electron chi connectivity index (χ3n) is 2.60. The standard InChI is InChI=1S/C12H8BrF3O3/c1-5(17)7-2-6(12(14,15)16)3-8-9(18)4-10(13)19-11(7)8/h2-5,17H,1H3. The van der Waals surface area contributed by atoms with Gasteiger partial charge in [-0.15, -0.1) is 0 Å². The molecule has 1 unspecified atom stereocenters. The van der Waals surface area contributed by atoms with Crippen LogP contribution in [0.3, 0.4) is 0 Å². The summed E-state index contributed by atoms with van der Waals surface area (Å²) in [4.78, 5) is 11.7. The lowest BCUT2D eigenvalue weighted by Crippen LogP contribution is -2.10. The molecule has 1 aromatic heterocycles. The van der Waals surface area contributed by atoms with Gasteiger partial charge in [-0.2, -0.15) is 13.2 Å². The molecule has 19 heavy (non-hydrogen) atoms. The van der Waals surface area contributed by atoms with Gasteiger partial charge in [-0.05, 0) is 35.0 Å². The van der Waals surface area contributed by atoms with E-state index in [1.54, 1.807) is 0 Å². The molecule has 7 heteroatoms. The predicted octanol–water partition coefficient (Wildman–Crippen LogP) is 3.63. The van der Waals surface area contributed by atoms with Crippen molar-refractivity contribution in [2.75, 3.05) is 0 Å². The summed E-state index contributed by atoms with van der Waals surface area (Å²) in [6.45, 7) is 1.30. The van der Waals surface area contributed by atoms with Crippen LogP contribution in [-0.2, 0) is 6.18 Å². The van der Waals surface area contributed by atoms with E-state index in [0.29, 0.717) is 0 Å². The Hall–Kier alpha value is -1.34. The number of aliphatic hydroxyl groups is 1. The summed E-state index contributed by atoms with van der Waals surface area (Å²) in [7, 11) is 0. The molecule has 0 bridgehead atoms. The Kier molecular flexibility index (Phi) is 3.44. The molecule has 0 spiro atoms. The Morgan fingerprint density at radius 3 is 2.47 bits per heavy atom. The maximum atomic E-state index is 12.7. The highest BCUT2D eigenvalue weighted by Gasteiger charge is 2.32. The summed E-state index contributed by atoms with van der Waals surface area (Å²) in [5, 5.41) is 9.34. The van der Waals surface area contributed by atoms with Gasteiger partial charge >= 0.3 is 6.18 Å². The molecule has 0 radical (unpaired) electrons. The molecule has 1 N–H and O–H groups in total. The number of hydrogen-bond donors (Lipinski definition) is 1. The van der Waals surface area contributed by atoms with Crippen molar-refractivity contribution < 1.29 is 22.7 Å². The number of fused-ring (bicyclic) bond motifs is 1. The van der Waals surface area contributed by atoms with Crippen molar-refractivity contribution in [3.63, 3.8) is 0 Å². The average molecular weight is 337 g/mol. The van der Waals surface area contributed by atoms with Gasteiger partial charge in [-0.25, -0.2) is 0 Å². The summed E-state index contributed by atoms with van der Waals surface area (Å²) in [6.07, 6.45) is -5.79. The molecule has 1 atom stereocenters. The first-order valence-corrected chi connectivity index (χ1v) is 6.02. The van der Waals surface area contributed by atoms with Crippen LogP contribution in [0.15, 0.2) is 32.1 Å². The van der Waals surface area contributed by atoms with Crippen LogP contribution in [0.25, 0.3) is 11.0 Å². The van der Waals surface area contributed by atoms with Crippen molar-refractivity contribution in [3.8, 4) is 0 Å². The Labute approximate surface area is 113 Å². The zero-order chi connectivity index (χ0) is 14.4. The van der Waals surface area contributed by atoms with E-state index in [9.17, 15) is 23.1 Å². The molecule has 102 valence electrons. The number of halogens is 4. The molecule has 1 aromatic carbocycles. The molecule has 0 amide bonds. The van der Waals surface area contributed by atoms with E-state index < -0.39 is 23.3 Å². The minimum Gasteiger partial charge on any atom is -0.449 e. The normalized spacial score (nSPS) is 13.8. The zero-order valence-corrected chi connectivity index (χ0v) is 11.2. The summed E-state index contributed by atoms with van der Waals surface area (Å²) < 4.78 is 43.5. The van der Waals surface area contributed by atoms with E-state index in [4.69, 9.17) is 4.42 Å². The summed E-state index contributed by atoms with van der Waals surface area (Å²) in [6, 6.07) is 2.54. The summed E-state index contributed by atoms with van der Waals surface area (Å²) in [5.41, 5.74) is -1.74. The van der Waals surface area contributed by atoms with E-state index in [1.165, 1.54) is 6.92 Å². The molecule has 0 aliphatic carbocycles. The second-order valence-electron chi connectivity index (χ2n) is 4.03. The second-order valence-corrected chi connectivity index (χ2v) is 4.81. The lowest BCUT2D eigenvalue weighted by atomic mass is 10.0. The third-order valence-corrected chi connectivity index (χ3v) is 3.00. The van der Waals surface area contributed by atoms with Gasteiger partial charge in [-0.1, -0.05) is 0 Å². The number of alkyl halides is 3. The monoisotopic (exact) mass is 336 g/mol. The van der Waals surface area contributed by atoms with Crippen LogP contribution in [-0.4, -0.2) is 5.11 Å². The quantitative estimate of drug-likeness (QED) is 0.865. The van der Waals surface area contributed by atoms with E-state index in [2.05, 4.69) is 15.9 Å². The van der Waals surface area contributed by atoms with Crippen LogP contribution in [0.5, 0.6) is 0 Å². The highest BCUT2D eigenvalue weighted by molar-refractivity contribution is 9.10. The number of aliphatic hydroxyl groups excluding tert-OH is 1. The van der Waals surface area contributed by atoms with E-state index in [-0.39, 0.29) is 21.2 Å². The van der Waals surface area contributed by atoms with Crippen molar-refractivity contribution in [1.82, 2.24) is 0 Å². The Balaban J connectivity index is 2.92. The fourth-order valence-electron chi connectivity index (χ4n) is 1.73. The Bertz CT molecular complexity index is 689. The van der Waals surface area contributed by atoms with Crippen LogP contribution in [0.2, 0.25) is 0 Å². The van der Waals surface area contributed by atoms with Gasteiger partial charge in [0.2, 0.25) is 0 Å². The van der Waals surface area contributed by atoms with Crippen molar-refractivity contribution in [3.05, 3.63) is 44.2 Å². The van der Waals surface area contributed by atoms with Gasteiger partial charge in [0.1, 0.15) is 5.58 Å². The summed E-state index contributed by atoms with van der Waals surface area (Å²) in [5.74, 6) is 0. The van der Waals surface area contributed by atoms with Gasteiger partial charge in [0.25, 0.3) is 0 Å². The molecule has 1 heterocycles. The van der Waals surface area contributed by atoms with E-state index in [0.717, 1.165) is 18.2 Å². The molecule has 0 saturated heterocycles. The van der Waals surface area contributed by atoms with Crippen LogP contribution < -0.4 is 5.43 Å². The lowest BCUT2D eigenvalue weighted by Gasteiger charge is -2.13. The minimum atomic E-state index is -4.60. The number of benzene rings is 1. The first-order chi connectivity index (χ1) is 8.70. The van der Waals surface area contributed by atoms with Gasteiger partial charge in [0.15, 0.2) is 10.1 Å². The SMILES string of the molecule is CC(O)c1cc(C(F)(F)F)cc2c(=O)cc(Br)oc12. The van der Waals surface area contributed by atoms with Gasteiger partial charge in [0, 0.05) is 11.6 Å². The van der Waals surface area contributed by atoms with Gasteiger partial charge < -0.3 is 9.52 Å². The molecule has 0 aliphatic rings. The van der Waals surface area contributed by atoms with Gasteiger partial charge in [-0.3, -0.25) is 4.79 Å². The highest BCUT2D eigenvalue weighted by Crippen LogP contribution is 2.35. The maximum absolute atomic E-state index is 12.7. The van der Waals surface area contributed by atoms with Crippen molar-refractivity contribution in [2.24, 2.45) is 0 Å². The highest BCUT2D eigenvalue weighted by atomic mass is 79.9. The molecule has 0 aliphatic heterocycles. The van der Waals surface area contributed by atoms with Crippen molar-refractivity contribution in [2.45, 2.75) is 19.2 Å². The molecule has 0 saturated carbocycles. The van der Waals surface area contributed by atoms with Crippen LogP contribution >= 0.6 is 15.9 Å². The smallest absolute Gasteiger partial charge is 0.416 e. The molecular weight excluding hydrogens is 329 g/mol. The first kappa shape index (κ1) is 14.1. The Morgan fingerprint density at radius 1 is 1.32 bits per heavy atom. The number of rotatable bonds is 1. The molecule has 2 aromatic rings. The van der Waals surface area contributed by atoms with Crippen LogP contribution in [0.1, 0.15) is 24.2 Å². The second kappa shape index (κ2) is 4.64. The van der Waals surface area contributed by atoms with Crippen molar-refractivity contribution in [1.29, 1.82) is 0 Å². The Morgan fingerprint density at radius 2 is 1.95 bits per heavy atom. The molecule has 0 fully saturated rings. The van der Waals surface area contributed by atoms with Gasteiger partial charge in [0.05, 0.1) is 17.1 Å². The van der Waals surface area contributed by atoms with Crippen LogP contribution in [0.4, 0.5) is 13.2 Å². The summed E-state index contributed by atoms with van der Waals surface area (Å²) >= 11 is 2.95. The van der Waals surface area contributed by atoms with Crippen molar-refractivity contribution >= 4 is 26.9 Å². The fourth-order valence-corrected chi connectivity index (χ4v) is 2.10. The lowest BCUT2D eigenvalue weighted by molar-refractivity contribution is -0.137. The average Bonchev–Trinajstić information content (AvgIpc) is 2.25. The molecule has 2 rings (SSSR count).